The average molecular weight is 191 g/mol. The van der Waals surface area contributed by atoms with Crippen molar-refractivity contribution < 1.29 is 4.79 Å². The van der Waals surface area contributed by atoms with E-state index in [1.54, 1.807) is 11.3 Å². The third kappa shape index (κ3) is 1.12. The molecular formula is C10H9NOS. The van der Waals surface area contributed by atoms with Crippen LogP contribution in [0.3, 0.4) is 0 Å². The molecule has 3 heteroatoms. The largest absolute Gasteiger partial charge is 0.398 e. The van der Waals surface area contributed by atoms with Gasteiger partial charge in [-0.2, -0.15) is 0 Å². The number of benzene rings is 1. The molecule has 1 aromatic heterocycles. The fourth-order valence-corrected chi connectivity index (χ4v) is 2.32. The van der Waals surface area contributed by atoms with Crippen molar-refractivity contribution in [1.29, 1.82) is 0 Å². The molecule has 0 aliphatic heterocycles. The number of fused-ring (bicyclic) bond motifs is 1. The SMILES string of the molecule is Cc1c(N)c(C=O)cc2ccsc12. The Bertz CT molecular complexity index is 473. The number of aldehydes is 1. The average Bonchev–Trinajstić information content (AvgIpc) is 2.59. The lowest BCUT2D eigenvalue weighted by Gasteiger charge is -2.03. The van der Waals surface area contributed by atoms with Crippen molar-refractivity contribution in [2.24, 2.45) is 0 Å². The number of thiophene rings is 1. The van der Waals surface area contributed by atoms with E-state index in [1.165, 1.54) is 4.70 Å². The van der Waals surface area contributed by atoms with Gasteiger partial charge in [-0.3, -0.25) is 4.79 Å². The highest BCUT2D eigenvalue weighted by atomic mass is 32.1. The number of rotatable bonds is 1. The first-order valence-corrected chi connectivity index (χ1v) is 4.83. The summed E-state index contributed by atoms with van der Waals surface area (Å²) >= 11 is 1.65. The summed E-state index contributed by atoms with van der Waals surface area (Å²) in [6.07, 6.45) is 0.805. The van der Waals surface area contributed by atoms with Crippen LogP contribution in [-0.2, 0) is 0 Å². The Balaban J connectivity index is 2.91. The van der Waals surface area contributed by atoms with Crippen LogP contribution in [0.1, 0.15) is 15.9 Å². The minimum absolute atomic E-state index is 0.586. The molecule has 0 amide bonds. The lowest BCUT2D eigenvalue weighted by molar-refractivity contribution is 0.112. The highest BCUT2D eigenvalue weighted by molar-refractivity contribution is 7.17. The van der Waals surface area contributed by atoms with Crippen LogP contribution in [-0.4, -0.2) is 6.29 Å². The Labute approximate surface area is 80.0 Å². The van der Waals surface area contributed by atoms with Crippen LogP contribution >= 0.6 is 11.3 Å². The Morgan fingerprint density at radius 3 is 3.00 bits per heavy atom. The van der Waals surface area contributed by atoms with E-state index in [9.17, 15) is 4.79 Å². The maximum Gasteiger partial charge on any atom is 0.152 e. The van der Waals surface area contributed by atoms with Gasteiger partial charge in [0.1, 0.15) is 0 Å². The molecule has 0 atom stereocenters. The lowest BCUT2D eigenvalue weighted by atomic mass is 10.1. The van der Waals surface area contributed by atoms with E-state index in [2.05, 4.69) is 0 Å². The zero-order valence-electron chi connectivity index (χ0n) is 7.20. The monoisotopic (exact) mass is 191 g/mol. The van der Waals surface area contributed by atoms with Gasteiger partial charge in [0.25, 0.3) is 0 Å². The predicted molar refractivity (Wildman–Crippen MR) is 56.4 cm³/mol. The summed E-state index contributed by atoms with van der Waals surface area (Å²) in [5.41, 5.74) is 7.99. The summed E-state index contributed by atoms with van der Waals surface area (Å²) in [6.45, 7) is 1.95. The van der Waals surface area contributed by atoms with Crippen molar-refractivity contribution in [1.82, 2.24) is 0 Å². The minimum Gasteiger partial charge on any atom is -0.398 e. The second-order valence-corrected chi connectivity index (χ2v) is 3.88. The molecule has 0 spiro atoms. The number of hydrogen-bond acceptors (Lipinski definition) is 3. The van der Waals surface area contributed by atoms with Crippen LogP contribution in [0, 0.1) is 6.92 Å². The smallest absolute Gasteiger partial charge is 0.152 e. The maximum atomic E-state index is 10.7. The van der Waals surface area contributed by atoms with Gasteiger partial charge in [-0.25, -0.2) is 0 Å². The summed E-state index contributed by atoms with van der Waals surface area (Å²) in [6, 6.07) is 3.83. The molecule has 2 rings (SSSR count). The number of carbonyl (C=O) groups is 1. The van der Waals surface area contributed by atoms with Crippen LogP contribution in [0.15, 0.2) is 17.5 Å². The Kier molecular flexibility index (Phi) is 1.81. The number of nitrogens with two attached hydrogens (primary N) is 1. The lowest BCUT2D eigenvalue weighted by Crippen LogP contribution is -1.95. The third-order valence-corrected chi connectivity index (χ3v) is 3.24. The molecule has 2 nitrogen and oxygen atoms in total. The first-order chi connectivity index (χ1) is 6.24. The van der Waals surface area contributed by atoms with Crippen LogP contribution < -0.4 is 5.73 Å². The molecule has 13 heavy (non-hydrogen) atoms. The quantitative estimate of drug-likeness (QED) is 0.556. The van der Waals surface area contributed by atoms with Gasteiger partial charge in [-0.05, 0) is 35.4 Å². The van der Waals surface area contributed by atoms with E-state index >= 15 is 0 Å². The van der Waals surface area contributed by atoms with Crippen LogP contribution in [0.2, 0.25) is 0 Å². The van der Waals surface area contributed by atoms with Gasteiger partial charge in [-0.1, -0.05) is 0 Å². The molecule has 0 aliphatic rings. The summed E-state index contributed by atoms with van der Waals surface area (Å²) in [4.78, 5) is 10.7. The summed E-state index contributed by atoms with van der Waals surface area (Å²) < 4.78 is 1.17. The van der Waals surface area contributed by atoms with E-state index in [4.69, 9.17) is 5.73 Å². The van der Waals surface area contributed by atoms with E-state index < -0.39 is 0 Å². The second kappa shape index (κ2) is 2.85. The fourth-order valence-electron chi connectivity index (χ4n) is 1.42. The summed E-state index contributed by atoms with van der Waals surface area (Å²) in [5, 5.41) is 3.10. The van der Waals surface area contributed by atoms with E-state index in [0.717, 1.165) is 17.2 Å². The molecule has 2 N–H and O–H groups in total. The van der Waals surface area contributed by atoms with Gasteiger partial charge in [0.2, 0.25) is 0 Å². The first kappa shape index (κ1) is 8.26. The van der Waals surface area contributed by atoms with Crippen molar-refractivity contribution in [3.63, 3.8) is 0 Å². The topological polar surface area (TPSA) is 43.1 Å². The Morgan fingerprint density at radius 1 is 1.54 bits per heavy atom. The van der Waals surface area contributed by atoms with Gasteiger partial charge in [-0.15, -0.1) is 11.3 Å². The van der Waals surface area contributed by atoms with Crippen LogP contribution in [0.5, 0.6) is 0 Å². The standard InChI is InChI=1S/C10H9NOS/c1-6-9(11)8(5-12)4-7-2-3-13-10(6)7/h2-5H,11H2,1H3. The van der Waals surface area contributed by atoms with Gasteiger partial charge in [0.05, 0.1) is 0 Å². The van der Waals surface area contributed by atoms with Gasteiger partial charge in [0, 0.05) is 16.0 Å². The number of hydrogen-bond donors (Lipinski definition) is 1. The van der Waals surface area contributed by atoms with E-state index in [1.807, 2.05) is 24.4 Å². The van der Waals surface area contributed by atoms with Crippen molar-refractivity contribution >= 4 is 33.4 Å². The van der Waals surface area contributed by atoms with E-state index in [0.29, 0.717) is 11.3 Å². The van der Waals surface area contributed by atoms with Gasteiger partial charge >= 0.3 is 0 Å². The zero-order valence-corrected chi connectivity index (χ0v) is 8.02. The predicted octanol–water partition coefficient (Wildman–Crippen LogP) is 2.60. The molecule has 0 bridgehead atoms. The molecule has 0 aliphatic carbocycles. The van der Waals surface area contributed by atoms with Crippen molar-refractivity contribution in [2.75, 3.05) is 5.73 Å². The number of carbonyl (C=O) groups excluding carboxylic acids is 1. The third-order valence-electron chi connectivity index (χ3n) is 2.19. The molecule has 0 saturated carbocycles. The van der Waals surface area contributed by atoms with Gasteiger partial charge in [0.15, 0.2) is 6.29 Å². The number of nitrogen functional groups attached to an aromatic ring is 1. The summed E-state index contributed by atoms with van der Waals surface area (Å²) in [5.74, 6) is 0. The molecule has 0 unspecified atom stereocenters. The second-order valence-electron chi connectivity index (χ2n) is 2.96. The fraction of sp³-hybridized carbons (Fsp3) is 0.100. The molecule has 0 saturated heterocycles. The first-order valence-electron chi connectivity index (χ1n) is 3.95. The number of anilines is 1. The van der Waals surface area contributed by atoms with Crippen molar-refractivity contribution in [3.8, 4) is 0 Å². The minimum atomic E-state index is 0.586. The summed E-state index contributed by atoms with van der Waals surface area (Å²) in [7, 11) is 0. The Hall–Kier alpha value is -1.35. The normalized spacial score (nSPS) is 10.5. The Morgan fingerprint density at radius 2 is 2.31 bits per heavy atom. The van der Waals surface area contributed by atoms with Gasteiger partial charge < -0.3 is 5.73 Å². The zero-order chi connectivity index (χ0) is 9.42. The van der Waals surface area contributed by atoms with Crippen molar-refractivity contribution in [2.45, 2.75) is 6.92 Å². The highest BCUT2D eigenvalue weighted by Gasteiger charge is 2.07. The molecule has 0 radical (unpaired) electrons. The van der Waals surface area contributed by atoms with E-state index in [-0.39, 0.29) is 0 Å². The highest BCUT2D eigenvalue weighted by Crippen LogP contribution is 2.30. The van der Waals surface area contributed by atoms with Crippen LogP contribution in [0.25, 0.3) is 10.1 Å². The number of aryl methyl sites for hydroxylation is 1. The maximum absolute atomic E-state index is 10.7. The molecule has 66 valence electrons. The molecular weight excluding hydrogens is 182 g/mol. The molecule has 0 fully saturated rings. The molecule has 2 aromatic rings. The van der Waals surface area contributed by atoms with Crippen molar-refractivity contribution in [3.05, 3.63) is 28.6 Å². The molecule has 1 heterocycles. The molecule has 1 aromatic carbocycles. The van der Waals surface area contributed by atoms with Crippen LogP contribution in [0.4, 0.5) is 5.69 Å².